The molecule has 0 aromatic carbocycles. The molecule has 2 atom stereocenters. The number of pyridine rings is 1. The summed E-state index contributed by atoms with van der Waals surface area (Å²) in [6.45, 7) is 1.58. The van der Waals surface area contributed by atoms with Crippen LogP contribution in [0.15, 0.2) is 24.5 Å². The summed E-state index contributed by atoms with van der Waals surface area (Å²) in [5.74, 6) is 5.96. The maximum atomic E-state index is 11.3. The average molecular weight is 375 g/mol. The third-order valence-electron chi connectivity index (χ3n) is 3.39. The largest absolute Gasteiger partial charge is 0.778 e. The predicted molar refractivity (Wildman–Crippen MR) is 87.9 cm³/mol. The van der Waals surface area contributed by atoms with Crippen molar-refractivity contribution in [1.82, 2.24) is 0 Å². The summed E-state index contributed by atoms with van der Waals surface area (Å²) in [6, 6.07) is 3.32. The van der Waals surface area contributed by atoms with E-state index in [9.17, 15) is 14.0 Å². The van der Waals surface area contributed by atoms with Crippen molar-refractivity contribution in [3.05, 3.63) is 30.1 Å². The first-order valence-corrected chi connectivity index (χ1v) is 11.0. The van der Waals surface area contributed by atoms with E-state index < -0.39 is 27.1 Å². The predicted octanol–water partition coefficient (Wildman–Crippen LogP) is 1.35. The molecule has 1 rings (SSSR count). The molecule has 0 aliphatic carbocycles. The Bertz CT molecular complexity index is 663. The normalized spacial score (nSPS) is 15.2. The Morgan fingerprint density at radius 1 is 1.25 bits per heavy atom. The van der Waals surface area contributed by atoms with E-state index in [1.165, 1.54) is 23.4 Å². The van der Waals surface area contributed by atoms with Crippen LogP contribution in [0.3, 0.4) is 0 Å². The van der Waals surface area contributed by atoms with Gasteiger partial charge in [0.2, 0.25) is 0 Å². The third-order valence-corrected chi connectivity index (χ3v) is 7.02. The molecule has 0 fully saturated rings. The van der Waals surface area contributed by atoms with Crippen molar-refractivity contribution in [2.75, 3.05) is 0 Å². The van der Waals surface area contributed by atoms with Gasteiger partial charge in [-0.25, -0.2) is 4.57 Å². The van der Waals surface area contributed by atoms with Crippen LogP contribution in [0, 0.1) is 11.8 Å². The van der Waals surface area contributed by atoms with Gasteiger partial charge in [0.25, 0.3) is 0 Å². The molecule has 0 saturated carbocycles. The van der Waals surface area contributed by atoms with Gasteiger partial charge < -0.3 is 24.1 Å². The average Bonchev–Trinajstić information content (AvgIpc) is 2.46. The summed E-state index contributed by atoms with van der Waals surface area (Å²) in [4.78, 5) is 38.5. The van der Waals surface area contributed by atoms with Crippen molar-refractivity contribution in [3.8, 4) is 11.8 Å². The number of unbranched alkanes of at least 4 members (excludes halogenated alkanes) is 4. The van der Waals surface area contributed by atoms with E-state index in [4.69, 9.17) is 14.7 Å². The van der Waals surface area contributed by atoms with Crippen LogP contribution in [0.2, 0.25) is 0 Å². The monoisotopic (exact) mass is 375 g/mol. The highest BCUT2D eigenvalue weighted by Gasteiger charge is 2.40. The molecule has 0 radical (unpaired) electrons. The first-order valence-electron chi connectivity index (χ1n) is 7.71. The van der Waals surface area contributed by atoms with Crippen molar-refractivity contribution in [3.63, 3.8) is 0 Å². The Labute approximate surface area is 142 Å². The minimum atomic E-state index is -5.18. The van der Waals surface area contributed by atoms with Crippen LogP contribution in [-0.2, 0) is 15.7 Å². The second-order valence-electron chi connectivity index (χ2n) is 5.54. The lowest BCUT2D eigenvalue weighted by Gasteiger charge is -2.25. The molecule has 2 unspecified atom stereocenters. The molecule has 7 nitrogen and oxygen atoms in total. The van der Waals surface area contributed by atoms with Gasteiger partial charge in [-0.3, -0.25) is 4.57 Å². The Morgan fingerprint density at radius 2 is 1.96 bits per heavy atom. The van der Waals surface area contributed by atoms with Crippen LogP contribution in [0.1, 0.15) is 44.6 Å². The summed E-state index contributed by atoms with van der Waals surface area (Å²) >= 11 is 0. The number of hydrogen-bond acceptors (Lipinski definition) is 3. The van der Waals surface area contributed by atoms with Crippen molar-refractivity contribution in [2.45, 2.75) is 51.0 Å². The van der Waals surface area contributed by atoms with Crippen LogP contribution < -0.4 is 9.46 Å². The summed E-state index contributed by atoms with van der Waals surface area (Å²) in [6.07, 6.45) is 8.18. The fourth-order valence-corrected chi connectivity index (χ4v) is 4.42. The van der Waals surface area contributed by atoms with Crippen molar-refractivity contribution < 1.29 is 33.3 Å². The number of nitrogens with zero attached hydrogens (tertiary/aromatic N) is 1. The highest BCUT2D eigenvalue weighted by molar-refractivity contribution is 7.70. The molecule has 0 aliphatic rings. The molecule has 1 aromatic heterocycles. The van der Waals surface area contributed by atoms with Crippen LogP contribution in [0.4, 0.5) is 0 Å². The fraction of sp³-hybridized carbons (Fsp3) is 0.533. The first kappa shape index (κ1) is 21.1. The topological polar surface area (TPSA) is 122 Å². The number of rotatable bonds is 8. The Kier molecular flexibility index (Phi) is 8.32. The first-order chi connectivity index (χ1) is 11.1. The lowest BCUT2D eigenvalue weighted by atomic mass is 10.1. The van der Waals surface area contributed by atoms with Gasteiger partial charge in [0, 0.05) is 12.5 Å². The zero-order valence-corrected chi connectivity index (χ0v) is 15.3. The lowest BCUT2D eigenvalue weighted by molar-refractivity contribution is -0.695. The highest BCUT2D eigenvalue weighted by Crippen LogP contribution is 2.57. The van der Waals surface area contributed by atoms with E-state index in [1.807, 2.05) is 0 Å². The third kappa shape index (κ3) is 7.72. The molecule has 0 amide bonds. The molecule has 0 aliphatic heterocycles. The van der Waals surface area contributed by atoms with E-state index in [0.29, 0.717) is 5.56 Å². The molecular weight excluding hydrogens is 352 g/mol. The summed E-state index contributed by atoms with van der Waals surface area (Å²) in [5.41, 5.74) is 0.608. The minimum absolute atomic E-state index is 0.548. The Hall–Kier alpha value is -0.990. The van der Waals surface area contributed by atoms with E-state index in [1.54, 1.807) is 12.1 Å². The molecule has 1 heterocycles. The SMILES string of the molecule is CCCCCCC#Cc1ccc[n+](CC(P(=O)([O-])O)P(=O)(O)O)c1. The molecule has 134 valence electrons. The fourth-order valence-electron chi connectivity index (χ4n) is 2.10. The molecule has 0 spiro atoms. The quantitative estimate of drug-likeness (QED) is 0.273. The standard InChI is InChI=1S/C15H23NO6P2/c1-2-3-4-5-6-7-9-14-10-8-11-16(12-14)13-15(23(17,18)19)24(20,21)22/h8,10-12,15H,2-6,13H2,1H3,(H3-,17,18,19,20,21,22). The molecule has 1 aromatic rings. The Balaban J connectivity index is 2.80. The molecule has 3 N–H and O–H groups in total. The second kappa shape index (κ2) is 9.48. The van der Waals surface area contributed by atoms with Gasteiger partial charge in [-0.2, -0.15) is 0 Å². The van der Waals surface area contributed by atoms with Crippen molar-refractivity contribution in [1.29, 1.82) is 0 Å². The number of hydrogen-bond donors (Lipinski definition) is 3. The highest BCUT2D eigenvalue weighted by atomic mass is 31.2. The lowest BCUT2D eigenvalue weighted by Crippen LogP contribution is -2.40. The van der Waals surface area contributed by atoms with Gasteiger partial charge in [0.1, 0.15) is 0 Å². The van der Waals surface area contributed by atoms with Crippen molar-refractivity contribution in [2.24, 2.45) is 0 Å². The van der Waals surface area contributed by atoms with Crippen molar-refractivity contribution >= 4 is 15.2 Å². The Morgan fingerprint density at radius 3 is 2.54 bits per heavy atom. The van der Waals surface area contributed by atoms with Gasteiger partial charge in [-0.15, -0.1) is 0 Å². The summed E-state index contributed by atoms with van der Waals surface area (Å²) in [7, 11) is -10.2. The molecular formula is C15H23NO6P2. The van der Waals surface area contributed by atoms with Crippen LogP contribution >= 0.6 is 15.2 Å². The maximum Gasteiger partial charge on any atom is 0.343 e. The number of aromatic nitrogens is 1. The molecule has 0 saturated heterocycles. The minimum Gasteiger partial charge on any atom is -0.778 e. The van der Waals surface area contributed by atoms with E-state index in [2.05, 4.69) is 18.8 Å². The maximum absolute atomic E-state index is 11.3. The molecule has 9 heteroatoms. The van der Waals surface area contributed by atoms with Crippen LogP contribution in [0.25, 0.3) is 0 Å². The van der Waals surface area contributed by atoms with Gasteiger partial charge >= 0.3 is 7.60 Å². The van der Waals surface area contributed by atoms with Crippen LogP contribution in [-0.4, -0.2) is 20.1 Å². The van der Waals surface area contributed by atoms with Gasteiger partial charge in [-0.1, -0.05) is 38.0 Å². The smallest absolute Gasteiger partial charge is 0.343 e. The zero-order valence-electron chi connectivity index (χ0n) is 13.5. The van der Waals surface area contributed by atoms with Gasteiger partial charge in [-0.05, 0) is 12.5 Å². The molecule has 24 heavy (non-hydrogen) atoms. The molecule has 0 bridgehead atoms. The summed E-state index contributed by atoms with van der Waals surface area (Å²) in [5, 5.41) is -2.17. The van der Waals surface area contributed by atoms with E-state index in [0.717, 1.165) is 25.7 Å². The van der Waals surface area contributed by atoms with E-state index in [-0.39, 0.29) is 0 Å². The van der Waals surface area contributed by atoms with Gasteiger partial charge in [0.05, 0.1) is 5.56 Å². The van der Waals surface area contributed by atoms with Crippen LogP contribution in [0.5, 0.6) is 0 Å². The zero-order chi connectivity index (χ0) is 18.2. The summed E-state index contributed by atoms with van der Waals surface area (Å²) < 4.78 is 23.8. The van der Waals surface area contributed by atoms with E-state index >= 15 is 0 Å². The van der Waals surface area contributed by atoms with Gasteiger partial charge in [0.15, 0.2) is 31.9 Å². The second-order valence-corrected chi connectivity index (χ2v) is 9.50.